The van der Waals surface area contributed by atoms with Gasteiger partial charge in [-0.2, -0.15) is 0 Å². The minimum atomic E-state index is -1.27. The third-order valence-electron chi connectivity index (χ3n) is 3.13. The third-order valence-corrected chi connectivity index (χ3v) is 5.00. The van der Waals surface area contributed by atoms with Crippen LogP contribution in [0.5, 0.6) is 0 Å². The van der Waals surface area contributed by atoms with Crippen molar-refractivity contribution in [1.29, 1.82) is 0 Å². The topological polar surface area (TPSA) is 57.3 Å². The third kappa shape index (κ3) is 3.17. The first-order chi connectivity index (χ1) is 9.83. The molecule has 3 rings (SSSR count). The van der Waals surface area contributed by atoms with Gasteiger partial charge >= 0.3 is 0 Å². The largest absolute Gasteiger partial charge is 0.369 e. The van der Waals surface area contributed by atoms with Gasteiger partial charge in [0.25, 0.3) is 0 Å². The standard InChI is InChI=1S/C13H16N4OS2/c18-20(16-13-15-6-9-19-13)12-3-1-2-11(10-12)17-7-4-14-5-8-17/h1-3,6,9-10,14H,4-5,7-8H2,(H,15,16). The zero-order valence-electron chi connectivity index (χ0n) is 10.9. The van der Waals surface area contributed by atoms with Gasteiger partial charge in [-0.1, -0.05) is 6.07 Å². The van der Waals surface area contributed by atoms with E-state index < -0.39 is 11.0 Å². The lowest BCUT2D eigenvalue weighted by Gasteiger charge is -2.29. The maximum Gasteiger partial charge on any atom is 0.194 e. The lowest BCUT2D eigenvalue weighted by Crippen LogP contribution is -2.43. The van der Waals surface area contributed by atoms with Crippen LogP contribution in [0.2, 0.25) is 0 Å². The highest BCUT2D eigenvalue weighted by Crippen LogP contribution is 2.20. The summed E-state index contributed by atoms with van der Waals surface area (Å²) in [5.74, 6) is 0. The summed E-state index contributed by atoms with van der Waals surface area (Å²) < 4.78 is 15.2. The number of benzene rings is 1. The number of hydrogen-bond donors (Lipinski definition) is 2. The van der Waals surface area contributed by atoms with E-state index in [-0.39, 0.29) is 0 Å². The van der Waals surface area contributed by atoms with Gasteiger partial charge in [0.05, 0.1) is 4.90 Å². The summed E-state index contributed by atoms with van der Waals surface area (Å²) in [7, 11) is -1.27. The fourth-order valence-corrected chi connectivity index (χ4v) is 3.68. The Morgan fingerprint density at radius 1 is 1.35 bits per heavy atom. The summed E-state index contributed by atoms with van der Waals surface area (Å²) >= 11 is 1.44. The molecule has 0 bridgehead atoms. The maximum atomic E-state index is 12.3. The average molecular weight is 308 g/mol. The van der Waals surface area contributed by atoms with E-state index in [1.54, 1.807) is 6.20 Å². The Bertz CT molecular complexity index is 582. The molecule has 20 heavy (non-hydrogen) atoms. The van der Waals surface area contributed by atoms with Crippen molar-refractivity contribution in [1.82, 2.24) is 10.3 Å². The predicted octanol–water partition coefficient (Wildman–Crippen LogP) is 1.69. The summed E-state index contributed by atoms with van der Waals surface area (Å²) in [5.41, 5.74) is 1.12. The highest BCUT2D eigenvalue weighted by atomic mass is 32.2. The Labute approximate surface area is 124 Å². The van der Waals surface area contributed by atoms with E-state index in [9.17, 15) is 4.21 Å². The molecule has 2 aromatic rings. The molecule has 2 N–H and O–H groups in total. The number of piperazine rings is 1. The number of thiazole rings is 1. The molecule has 1 aromatic heterocycles. The van der Waals surface area contributed by atoms with E-state index in [4.69, 9.17) is 0 Å². The molecular formula is C13H16N4OS2. The molecule has 0 radical (unpaired) electrons. The van der Waals surface area contributed by atoms with Crippen LogP contribution in [0.1, 0.15) is 0 Å². The van der Waals surface area contributed by atoms with Crippen LogP contribution in [-0.4, -0.2) is 35.4 Å². The summed E-state index contributed by atoms with van der Waals surface area (Å²) in [5, 5.41) is 5.87. The number of nitrogens with zero attached hydrogens (tertiary/aromatic N) is 2. The first-order valence-corrected chi connectivity index (χ1v) is 8.49. The van der Waals surface area contributed by atoms with Crippen LogP contribution >= 0.6 is 11.3 Å². The van der Waals surface area contributed by atoms with Crippen molar-refractivity contribution in [2.24, 2.45) is 0 Å². The minimum Gasteiger partial charge on any atom is -0.369 e. The molecule has 1 atom stereocenters. The van der Waals surface area contributed by atoms with Gasteiger partial charge in [0.2, 0.25) is 0 Å². The Kier molecular flexibility index (Phi) is 4.29. The highest BCUT2D eigenvalue weighted by Gasteiger charge is 2.12. The second-order valence-corrected chi connectivity index (χ2v) is 6.55. The Morgan fingerprint density at radius 2 is 2.20 bits per heavy atom. The zero-order chi connectivity index (χ0) is 13.8. The number of nitrogens with one attached hydrogen (secondary N) is 2. The van der Waals surface area contributed by atoms with E-state index in [2.05, 4.69) is 26.0 Å². The first kappa shape index (κ1) is 13.5. The first-order valence-electron chi connectivity index (χ1n) is 6.46. The predicted molar refractivity (Wildman–Crippen MR) is 83.7 cm³/mol. The van der Waals surface area contributed by atoms with E-state index >= 15 is 0 Å². The van der Waals surface area contributed by atoms with Crippen molar-refractivity contribution >= 4 is 33.1 Å². The molecule has 1 aromatic carbocycles. The van der Waals surface area contributed by atoms with E-state index in [1.807, 2.05) is 23.6 Å². The summed E-state index contributed by atoms with van der Waals surface area (Å²) in [6, 6.07) is 7.88. The highest BCUT2D eigenvalue weighted by molar-refractivity contribution is 7.86. The second-order valence-electron chi connectivity index (χ2n) is 4.44. The van der Waals surface area contributed by atoms with Gasteiger partial charge in [-0.05, 0) is 18.2 Å². The number of aromatic nitrogens is 1. The molecule has 1 aliphatic heterocycles. The van der Waals surface area contributed by atoms with Crippen molar-refractivity contribution in [3.05, 3.63) is 35.8 Å². The SMILES string of the molecule is O=S(Nc1nccs1)c1cccc(N2CCNCC2)c1. The van der Waals surface area contributed by atoms with Crippen molar-refractivity contribution < 1.29 is 4.21 Å². The van der Waals surface area contributed by atoms with Crippen molar-refractivity contribution in [2.75, 3.05) is 35.8 Å². The van der Waals surface area contributed by atoms with Crippen molar-refractivity contribution in [2.45, 2.75) is 4.90 Å². The normalized spacial score (nSPS) is 16.9. The van der Waals surface area contributed by atoms with Crippen LogP contribution < -0.4 is 14.9 Å². The van der Waals surface area contributed by atoms with Crippen LogP contribution in [0, 0.1) is 0 Å². The van der Waals surface area contributed by atoms with Gasteiger partial charge in [-0.3, -0.25) is 4.72 Å². The number of hydrogen-bond acceptors (Lipinski definition) is 5. The molecule has 106 valence electrons. The van der Waals surface area contributed by atoms with Crippen LogP contribution in [0.4, 0.5) is 10.8 Å². The molecule has 1 fully saturated rings. The molecule has 0 spiro atoms. The van der Waals surface area contributed by atoms with E-state index in [0.29, 0.717) is 5.13 Å². The number of anilines is 2. The van der Waals surface area contributed by atoms with Gasteiger partial charge < -0.3 is 10.2 Å². The monoisotopic (exact) mass is 308 g/mol. The average Bonchev–Trinajstić information content (AvgIpc) is 3.01. The Hall–Kier alpha value is -1.44. The van der Waals surface area contributed by atoms with Gasteiger partial charge in [-0.15, -0.1) is 11.3 Å². The van der Waals surface area contributed by atoms with Crippen LogP contribution in [0.15, 0.2) is 40.7 Å². The fourth-order valence-electron chi connectivity index (χ4n) is 2.13. The molecule has 1 unspecified atom stereocenters. The lowest BCUT2D eigenvalue weighted by atomic mass is 10.2. The quantitative estimate of drug-likeness (QED) is 0.902. The molecule has 1 aliphatic rings. The Balaban J connectivity index is 1.74. The van der Waals surface area contributed by atoms with Crippen LogP contribution in [0.25, 0.3) is 0 Å². The van der Waals surface area contributed by atoms with Gasteiger partial charge in [0.15, 0.2) is 16.1 Å². The molecular weight excluding hydrogens is 292 g/mol. The van der Waals surface area contributed by atoms with Crippen molar-refractivity contribution in [3.63, 3.8) is 0 Å². The molecule has 0 saturated carbocycles. The molecule has 7 heteroatoms. The summed E-state index contributed by atoms with van der Waals surface area (Å²) in [6.45, 7) is 3.95. The summed E-state index contributed by atoms with van der Waals surface area (Å²) in [4.78, 5) is 7.17. The fraction of sp³-hybridized carbons (Fsp3) is 0.308. The molecule has 5 nitrogen and oxygen atoms in total. The van der Waals surface area contributed by atoms with E-state index in [0.717, 1.165) is 36.8 Å². The van der Waals surface area contributed by atoms with Gasteiger partial charge in [0.1, 0.15) is 0 Å². The molecule has 0 aliphatic carbocycles. The number of rotatable bonds is 4. The minimum absolute atomic E-state index is 0.677. The lowest BCUT2D eigenvalue weighted by molar-refractivity contribution is 0.589. The smallest absolute Gasteiger partial charge is 0.194 e. The molecule has 1 saturated heterocycles. The molecule has 2 heterocycles. The Morgan fingerprint density at radius 3 is 2.95 bits per heavy atom. The van der Waals surface area contributed by atoms with Crippen LogP contribution in [0.3, 0.4) is 0 Å². The van der Waals surface area contributed by atoms with Crippen molar-refractivity contribution in [3.8, 4) is 0 Å². The second kappa shape index (κ2) is 6.34. The summed E-state index contributed by atoms with van der Waals surface area (Å²) in [6.07, 6.45) is 1.70. The molecule has 0 amide bonds. The van der Waals surface area contributed by atoms with Crippen LogP contribution in [-0.2, 0) is 11.0 Å². The van der Waals surface area contributed by atoms with Gasteiger partial charge in [0, 0.05) is 43.4 Å². The van der Waals surface area contributed by atoms with Gasteiger partial charge in [-0.25, -0.2) is 9.19 Å². The maximum absolute atomic E-state index is 12.3. The van der Waals surface area contributed by atoms with E-state index in [1.165, 1.54) is 11.3 Å². The zero-order valence-corrected chi connectivity index (χ0v) is 12.5.